The average Bonchev–Trinajstić information content (AvgIpc) is 2.68. The zero-order valence-electron chi connectivity index (χ0n) is 15.1. The van der Waals surface area contributed by atoms with Gasteiger partial charge in [-0.25, -0.2) is 0 Å². The van der Waals surface area contributed by atoms with Crippen LogP contribution in [-0.2, 0) is 19.5 Å². The van der Waals surface area contributed by atoms with Crippen molar-refractivity contribution in [2.45, 2.75) is 26.4 Å². The number of guanidine groups is 1. The third-order valence-corrected chi connectivity index (χ3v) is 4.05. The Balaban J connectivity index is 1.93. The lowest BCUT2D eigenvalue weighted by atomic mass is 10.1. The van der Waals surface area contributed by atoms with Crippen LogP contribution in [0, 0.1) is 0 Å². The second-order valence-electron chi connectivity index (χ2n) is 5.68. The van der Waals surface area contributed by atoms with E-state index in [1.54, 1.807) is 20.2 Å². The van der Waals surface area contributed by atoms with Crippen LogP contribution in [0.3, 0.4) is 0 Å². The minimum absolute atomic E-state index is 0.0828. The average molecular weight is 338 g/mol. The van der Waals surface area contributed by atoms with E-state index in [0.29, 0.717) is 12.1 Å². The highest BCUT2D eigenvalue weighted by molar-refractivity contribution is 5.94. The molecule has 25 heavy (non-hydrogen) atoms. The van der Waals surface area contributed by atoms with Gasteiger partial charge in [-0.1, -0.05) is 43.3 Å². The second kappa shape index (κ2) is 9.47. The topological polar surface area (TPSA) is 65.5 Å². The molecule has 0 aliphatic heterocycles. The maximum absolute atomic E-state index is 11.7. The van der Waals surface area contributed by atoms with Gasteiger partial charge in [-0.2, -0.15) is 0 Å². The van der Waals surface area contributed by atoms with Crippen molar-refractivity contribution in [1.82, 2.24) is 16.0 Å². The number of carbonyl (C=O) groups excluding carboxylic acids is 1. The Hall–Kier alpha value is -2.82. The number of benzene rings is 2. The van der Waals surface area contributed by atoms with E-state index in [2.05, 4.69) is 52.1 Å². The zero-order chi connectivity index (χ0) is 18.1. The lowest BCUT2D eigenvalue weighted by Gasteiger charge is -2.14. The standard InChI is InChI=1S/C20H26N4O/c1-4-16-9-5-6-10-18(16)14-24-20(22-3)23-13-15-8-7-11-17(12-15)19(25)21-2/h5-12H,4,13-14H2,1-3H3,(H,21,25)(H2,22,23,24). The Bertz CT molecular complexity index is 740. The summed E-state index contributed by atoms with van der Waals surface area (Å²) in [6.07, 6.45) is 1.01. The highest BCUT2D eigenvalue weighted by Crippen LogP contribution is 2.09. The summed E-state index contributed by atoms with van der Waals surface area (Å²) in [6.45, 7) is 3.48. The molecule has 0 heterocycles. The smallest absolute Gasteiger partial charge is 0.251 e. The summed E-state index contributed by atoms with van der Waals surface area (Å²) >= 11 is 0. The predicted octanol–water partition coefficient (Wildman–Crippen LogP) is 2.47. The minimum atomic E-state index is -0.0828. The number of aryl methyl sites for hydroxylation is 1. The molecule has 0 atom stereocenters. The maximum Gasteiger partial charge on any atom is 0.251 e. The van der Waals surface area contributed by atoms with Gasteiger partial charge in [0.2, 0.25) is 0 Å². The normalized spacial score (nSPS) is 11.1. The first-order valence-corrected chi connectivity index (χ1v) is 8.50. The quantitative estimate of drug-likeness (QED) is 0.560. The van der Waals surface area contributed by atoms with E-state index in [0.717, 1.165) is 24.5 Å². The largest absolute Gasteiger partial charge is 0.355 e. The van der Waals surface area contributed by atoms with Crippen LogP contribution >= 0.6 is 0 Å². The summed E-state index contributed by atoms with van der Waals surface area (Å²) in [5, 5.41) is 9.26. The Morgan fingerprint density at radius 2 is 1.72 bits per heavy atom. The van der Waals surface area contributed by atoms with Crippen LogP contribution in [0.25, 0.3) is 0 Å². The van der Waals surface area contributed by atoms with E-state index in [-0.39, 0.29) is 5.91 Å². The van der Waals surface area contributed by atoms with Crippen molar-refractivity contribution < 1.29 is 4.79 Å². The molecule has 0 unspecified atom stereocenters. The summed E-state index contributed by atoms with van der Waals surface area (Å²) in [5.74, 6) is 0.650. The molecule has 0 aliphatic rings. The van der Waals surface area contributed by atoms with Gasteiger partial charge in [-0.05, 0) is 35.2 Å². The lowest BCUT2D eigenvalue weighted by Crippen LogP contribution is -2.36. The third-order valence-electron chi connectivity index (χ3n) is 4.05. The van der Waals surface area contributed by atoms with Crippen molar-refractivity contribution in [2.24, 2.45) is 4.99 Å². The summed E-state index contributed by atoms with van der Waals surface area (Å²) in [5.41, 5.74) is 4.29. The molecule has 5 nitrogen and oxygen atoms in total. The number of aliphatic imine (C=N–C) groups is 1. The zero-order valence-corrected chi connectivity index (χ0v) is 15.1. The van der Waals surface area contributed by atoms with Crippen LogP contribution in [0.2, 0.25) is 0 Å². The Labute approximate surface area is 149 Å². The van der Waals surface area contributed by atoms with Crippen molar-refractivity contribution in [2.75, 3.05) is 14.1 Å². The molecule has 0 aliphatic carbocycles. The predicted molar refractivity (Wildman–Crippen MR) is 103 cm³/mol. The number of hydrogen-bond acceptors (Lipinski definition) is 2. The van der Waals surface area contributed by atoms with Gasteiger partial charge >= 0.3 is 0 Å². The van der Waals surface area contributed by atoms with Gasteiger partial charge < -0.3 is 16.0 Å². The lowest BCUT2D eigenvalue weighted by molar-refractivity contribution is 0.0963. The fourth-order valence-electron chi connectivity index (χ4n) is 2.63. The van der Waals surface area contributed by atoms with Gasteiger partial charge in [0.1, 0.15) is 0 Å². The van der Waals surface area contributed by atoms with Crippen molar-refractivity contribution in [3.05, 3.63) is 70.8 Å². The molecule has 1 amide bonds. The number of amides is 1. The molecule has 2 aromatic rings. The minimum Gasteiger partial charge on any atom is -0.355 e. The van der Waals surface area contributed by atoms with Gasteiger partial charge in [0.25, 0.3) is 5.91 Å². The summed E-state index contributed by atoms with van der Waals surface area (Å²) in [4.78, 5) is 16.0. The molecule has 132 valence electrons. The molecule has 0 aromatic heterocycles. The molecule has 0 bridgehead atoms. The second-order valence-corrected chi connectivity index (χ2v) is 5.68. The summed E-state index contributed by atoms with van der Waals surface area (Å²) in [7, 11) is 3.38. The molecule has 3 N–H and O–H groups in total. The number of nitrogens with zero attached hydrogens (tertiary/aromatic N) is 1. The molecule has 0 saturated heterocycles. The van der Waals surface area contributed by atoms with Crippen LogP contribution in [-0.4, -0.2) is 26.0 Å². The number of rotatable bonds is 6. The molecule has 2 rings (SSSR count). The van der Waals surface area contributed by atoms with Gasteiger partial charge in [0.05, 0.1) is 0 Å². The molecule has 5 heteroatoms. The molecule has 0 fully saturated rings. The van der Waals surface area contributed by atoms with Crippen LogP contribution in [0.4, 0.5) is 0 Å². The summed E-state index contributed by atoms with van der Waals surface area (Å²) < 4.78 is 0. The number of carbonyl (C=O) groups is 1. The third kappa shape index (κ3) is 5.35. The van der Waals surface area contributed by atoms with Crippen molar-refractivity contribution in [3.8, 4) is 0 Å². The van der Waals surface area contributed by atoms with E-state index < -0.39 is 0 Å². The summed E-state index contributed by atoms with van der Waals surface area (Å²) in [6, 6.07) is 16.0. The van der Waals surface area contributed by atoms with E-state index >= 15 is 0 Å². The molecule has 0 saturated carbocycles. The molecular weight excluding hydrogens is 312 g/mol. The van der Waals surface area contributed by atoms with E-state index in [9.17, 15) is 4.79 Å². The molecule has 0 radical (unpaired) electrons. The fourth-order valence-corrected chi connectivity index (χ4v) is 2.63. The van der Waals surface area contributed by atoms with Crippen LogP contribution in [0.1, 0.15) is 34.0 Å². The Morgan fingerprint density at radius 1 is 1.00 bits per heavy atom. The highest BCUT2D eigenvalue weighted by atomic mass is 16.1. The van der Waals surface area contributed by atoms with Gasteiger partial charge in [0, 0.05) is 32.7 Å². The first-order valence-electron chi connectivity index (χ1n) is 8.50. The monoisotopic (exact) mass is 338 g/mol. The first kappa shape index (κ1) is 18.5. The Kier molecular flexibility index (Phi) is 7.01. The Morgan fingerprint density at radius 3 is 2.40 bits per heavy atom. The molecular formula is C20H26N4O. The van der Waals surface area contributed by atoms with Crippen molar-refractivity contribution >= 4 is 11.9 Å². The van der Waals surface area contributed by atoms with Crippen LogP contribution in [0.15, 0.2) is 53.5 Å². The molecule has 2 aromatic carbocycles. The molecule has 0 spiro atoms. The van der Waals surface area contributed by atoms with Crippen molar-refractivity contribution in [3.63, 3.8) is 0 Å². The van der Waals surface area contributed by atoms with Crippen LogP contribution < -0.4 is 16.0 Å². The SMILES string of the molecule is CCc1ccccc1CNC(=NC)NCc1cccc(C(=O)NC)c1. The van der Waals surface area contributed by atoms with E-state index in [1.807, 2.05) is 18.2 Å². The number of nitrogens with one attached hydrogen (secondary N) is 3. The van der Waals surface area contributed by atoms with Crippen LogP contribution in [0.5, 0.6) is 0 Å². The van der Waals surface area contributed by atoms with Gasteiger partial charge in [0.15, 0.2) is 5.96 Å². The highest BCUT2D eigenvalue weighted by Gasteiger charge is 2.05. The van der Waals surface area contributed by atoms with E-state index in [1.165, 1.54) is 11.1 Å². The van der Waals surface area contributed by atoms with E-state index in [4.69, 9.17) is 0 Å². The maximum atomic E-state index is 11.7. The first-order chi connectivity index (χ1) is 12.2. The fraction of sp³-hybridized carbons (Fsp3) is 0.300. The van der Waals surface area contributed by atoms with Gasteiger partial charge in [-0.3, -0.25) is 9.79 Å². The number of hydrogen-bond donors (Lipinski definition) is 3. The van der Waals surface area contributed by atoms with Gasteiger partial charge in [-0.15, -0.1) is 0 Å². The van der Waals surface area contributed by atoms with Crippen molar-refractivity contribution in [1.29, 1.82) is 0 Å².